The Bertz CT molecular complexity index is 1020. The van der Waals surface area contributed by atoms with Crippen LogP contribution >= 0.6 is 0 Å². The molecule has 1 heterocycles. The van der Waals surface area contributed by atoms with Crippen molar-refractivity contribution in [3.05, 3.63) is 64.8 Å². The average Bonchev–Trinajstić information content (AvgIpc) is 3.30. The second-order valence-corrected chi connectivity index (χ2v) is 11.4. The van der Waals surface area contributed by atoms with Gasteiger partial charge < -0.3 is 9.47 Å². The third kappa shape index (κ3) is 5.04. The molecular formula is C27H38O5S. The molecule has 2 aliphatic rings. The topological polar surface area (TPSA) is 61.8 Å². The van der Waals surface area contributed by atoms with E-state index in [1.165, 1.54) is 0 Å². The largest absolute Gasteiger partial charge is 0.343 e. The van der Waals surface area contributed by atoms with E-state index in [2.05, 4.69) is 20.4 Å². The molecule has 0 bridgehead atoms. The third-order valence-electron chi connectivity index (χ3n) is 6.50. The SMILES string of the molecule is C=CC=CC1=C(C)C(OS(=O)(=O)c2c(C(C)C)cc(C(C)C)cc2C(C)C)CC12OCCO2. The summed E-state index contributed by atoms with van der Waals surface area (Å²) >= 11 is 0. The molecule has 182 valence electrons. The van der Waals surface area contributed by atoms with E-state index >= 15 is 0 Å². The second-order valence-electron chi connectivity index (χ2n) is 9.88. The zero-order chi connectivity index (χ0) is 24.6. The molecule has 1 fully saturated rings. The highest BCUT2D eigenvalue weighted by Gasteiger charge is 2.50. The zero-order valence-electron chi connectivity index (χ0n) is 21.0. The maximum atomic E-state index is 13.8. The highest BCUT2D eigenvalue weighted by Crippen LogP contribution is 2.45. The van der Waals surface area contributed by atoms with Gasteiger partial charge in [-0.05, 0) is 46.9 Å². The van der Waals surface area contributed by atoms with E-state index in [-0.39, 0.29) is 11.8 Å². The molecule has 1 aliphatic heterocycles. The highest BCUT2D eigenvalue weighted by atomic mass is 32.2. The predicted molar refractivity (Wildman–Crippen MR) is 132 cm³/mol. The first kappa shape index (κ1) is 25.9. The lowest BCUT2D eigenvalue weighted by atomic mass is 9.89. The van der Waals surface area contributed by atoms with Crippen LogP contribution in [0.2, 0.25) is 0 Å². The second kappa shape index (κ2) is 9.87. The molecule has 1 spiro atoms. The van der Waals surface area contributed by atoms with Crippen LogP contribution in [0.25, 0.3) is 0 Å². The van der Waals surface area contributed by atoms with Crippen molar-refractivity contribution in [2.45, 2.75) is 89.4 Å². The van der Waals surface area contributed by atoms with Gasteiger partial charge in [-0.1, -0.05) is 78.5 Å². The number of allylic oxidation sites excluding steroid dienone is 2. The Balaban J connectivity index is 2.09. The van der Waals surface area contributed by atoms with Crippen molar-refractivity contribution >= 4 is 10.1 Å². The molecule has 5 nitrogen and oxygen atoms in total. The number of ether oxygens (including phenoxy) is 2. The molecule has 1 aromatic rings. The monoisotopic (exact) mass is 474 g/mol. The Morgan fingerprint density at radius 1 is 1.03 bits per heavy atom. The van der Waals surface area contributed by atoms with Crippen LogP contribution in [0, 0.1) is 0 Å². The van der Waals surface area contributed by atoms with Crippen LogP contribution in [-0.4, -0.2) is 33.5 Å². The molecule has 1 unspecified atom stereocenters. The van der Waals surface area contributed by atoms with Crippen LogP contribution < -0.4 is 0 Å². The van der Waals surface area contributed by atoms with Gasteiger partial charge in [-0.15, -0.1) is 0 Å². The number of rotatable bonds is 8. The van der Waals surface area contributed by atoms with Gasteiger partial charge in [0.15, 0.2) is 5.79 Å². The molecule has 1 aromatic carbocycles. The van der Waals surface area contributed by atoms with Crippen molar-refractivity contribution in [1.29, 1.82) is 0 Å². The van der Waals surface area contributed by atoms with Crippen LogP contribution in [0.3, 0.4) is 0 Å². The van der Waals surface area contributed by atoms with Crippen molar-refractivity contribution in [3.8, 4) is 0 Å². The number of hydrogen-bond donors (Lipinski definition) is 0. The fourth-order valence-electron chi connectivity index (χ4n) is 4.62. The molecule has 0 aromatic heterocycles. The Hall–Kier alpha value is -1.73. The van der Waals surface area contributed by atoms with Crippen LogP contribution in [0.1, 0.15) is 89.3 Å². The summed E-state index contributed by atoms with van der Waals surface area (Å²) in [7, 11) is -4.05. The van der Waals surface area contributed by atoms with Gasteiger partial charge in [0.1, 0.15) is 11.0 Å². The first-order valence-corrected chi connectivity index (χ1v) is 13.2. The quantitative estimate of drug-likeness (QED) is 0.325. The molecule has 3 rings (SSSR count). The summed E-state index contributed by atoms with van der Waals surface area (Å²) in [5.41, 5.74) is 4.36. The zero-order valence-corrected chi connectivity index (χ0v) is 21.8. The fraction of sp³-hybridized carbons (Fsp3) is 0.556. The summed E-state index contributed by atoms with van der Waals surface area (Å²) in [4.78, 5) is 0.307. The smallest absolute Gasteiger partial charge is 0.298 e. The van der Waals surface area contributed by atoms with Crippen molar-refractivity contribution < 1.29 is 22.1 Å². The van der Waals surface area contributed by atoms with E-state index < -0.39 is 22.0 Å². The molecule has 1 saturated heterocycles. The van der Waals surface area contributed by atoms with Gasteiger partial charge in [0.25, 0.3) is 10.1 Å². The average molecular weight is 475 g/mol. The summed E-state index contributed by atoms with van der Waals surface area (Å²) in [6.07, 6.45) is 4.99. The summed E-state index contributed by atoms with van der Waals surface area (Å²) in [5.74, 6) is -0.594. The van der Waals surface area contributed by atoms with Crippen LogP contribution in [0.5, 0.6) is 0 Å². The van der Waals surface area contributed by atoms with E-state index in [0.29, 0.717) is 30.4 Å². The lowest BCUT2D eigenvalue weighted by Crippen LogP contribution is -2.31. The first-order chi connectivity index (χ1) is 15.4. The molecule has 0 radical (unpaired) electrons. The first-order valence-electron chi connectivity index (χ1n) is 11.8. The van der Waals surface area contributed by atoms with Crippen LogP contribution in [0.4, 0.5) is 0 Å². The van der Waals surface area contributed by atoms with Crippen LogP contribution in [0.15, 0.2) is 53.0 Å². The molecule has 0 N–H and O–H groups in total. The minimum atomic E-state index is -4.05. The molecule has 1 atom stereocenters. The van der Waals surface area contributed by atoms with Crippen molar-refractivity contribution in [1.82, 2.24) is 0 Å². The Kier molecular flexibility index (Phi) is 7.74. The summed E-state index contributed by atoms with van der Waals surface area (Å²) in [5, 5.41) is 0. The van der Waals surface area contributed by atoms with E-state index in [0.717, 1.165) is 27.8 Å². The normalized spacial score (nSPS) is 21.0. The fourth-order valence-corrected chi connectivity index (χ4v) is 6.40. The lowest BCUT2D eigenvalue weighted by Gasteiger charge is -2.25. The molecule has 0 amide bonds. The molecule has 1 aliphatic carbocycles. The van der Waals surface area contributed by atoms with E-state index in [9.17, 15) is 8.42 Å². The van der Waals surface area contributed by atoms with Crippen molar-refractivity contribution in [2.75, 3.05) is 13.2 Å². The number of hydrogen-bond acceptors (Lipinski definition) is 5. The van der Waals surface area contributed by atoms with E-state index in [1.807, 2.05) is 52.8 Å². The van der Waals surface area contributed by atoms with E-state index in [1.54, 1.807) is 12.2 Å². The minimum Gasteiger partial charge on any atom is -0.343 e. The van der Waals surface area contributed by atoms with Gasteiger partial charge in [0, 0.05) is 12.0 Å². The van der Waals surface area contributed by atoms with Gasteiger partial charge in [-0.25, -0.2) is 0 Å². The third-order valence-corrected chi connectivity index (χ3v) is 7.95. The number of benzene rings is 1. The Morgan fingerprint density at radius 3 is 2.03 bits per heavy atom. The van der Waals surface area contributed by atoms with Crippen LogP contribution in [-0.2, 0) is 23.8 Å². The summed E-state index contributed by atoms with van der Waals surface area (Å²) < 4.78 is 45.5. The van der Waals surface area contributed by atoms with Crippen molar-refractivity contribution in [3.63, 3.8) is 0 Å². The van der Waals surface area contributed by atoms with Gasteiger partial charge in [0.2, 0.25) is 0 Å². The Labute approximate surface area is 199 Å². The highest BCUT2D eigenvalue weighted by molar-refractivity contribution is 7.87. The van der Waals surface area contributed by atoms with Gasteiger partial charge >= 0.3 is 0 Å². The maximum absolute atomic E-state index is 13.8. The van der Waals surface area contributed by atoms with Crippen molar-refractivity contribution in [2.24, 2.45) is 0 Å². The molecule has 0 saturated carbocycles. The van der Waals surface area contributed by atoms with Gasteiger partial charge in [0.05, 0.1) is 13.2 Å². The minimum absolute atomic E-state index is 0.0359. The Morgan fingerprint density at radius 2 is 1.58 bits per heavy atom. The summed E-state index contributed by atoms with van der Waals surface area (Å²) in [6.45, 7) is 18.9. The molecule has 6 heteroatoms. The lowest BCUT2D eigenvalue weighted by molar-refractivity contribution is -0.129. The van der Waals surface area contributed by atoms with E-state index in [4.69, 9.17) is 13.7 Å². The molecular weight excluding hydrogens is 436 g/mol. The molecule has 33 heavy (non-hydrogen) atoms. The van der Waals surface area contributed by atoms with Gasteiger partial charge in [-0.3, -0.25) is 4.18 Å². The van der Waals surface area contributed by atoms with Gasteiger partial charge in [-0.2, -0.15) is 8.42 Å². The predicted octanol–water partition coefficient (Wildman–Crippen LogP) is 6.34. The maximum Gasteiger partial charge on any atom is 0.298 e. The summed E-state index contributed by atoms with van der Waals surface area (Å²) in [6, 6.07) is 4.05. The standard InChI is InChI=1S/C27H38O5S/c1-9-10-11-24-20(8)25(16-27(24)30-12-13-31-27)32-33(28,29)26-22(18(4)5)14-21(17(2)3)15-23(26)19(6)7/h9-11,14-15,17-19,25H,1,12-13,16H2,2-8H3.